The lowest BCUT2D eigenvalue weighted by Crippen LogP contribution is -2.29. The molecule has 1 saturated heterocycles. The SMILES string of the molecule is CNCCN1CCC(CCNC2CC2)C1. The van der Waals surface area contributed by atoms with Crippen LogP contribution in [-0.2, 0) is 0 Å². The van der Waals surface area contributed by atoms with Gasteiger partial charge in [0.1, 0.15) is 0 Å². The molecule has 2 N–H and O–H groups in total. The van der Waals surface area contributed by atoms with Crippen molar-refractivity contribution in [1.82, 2.24) is 15.5 Å². The van der Waals surface area contributed by atoms with E-state index in [2.05, 4.69) is 15.5 Å². The van der Waals surface area contributed by atoms with E-state index in [-0.39, 0.29) is 0 Å². The molecule has 1 heterocycles. The summed E-state index contributed by atoms with van der Waals surface area (Å²) < 4.78 is 0. The van der Waals surface area contributed by atoms with Crippen LogP contribution in [0, 0.1) is 5.92 Å². The highest BCUT2D eigenvalue weighted by atomic mass is 15.2. The van der Waals surface area contributed by atoms with Crippen LogP contribution < -0.4 is 10.6 Å². The Morgan fingerprint density at radius 1 is 1.20 bits per heavy atom. The first kappa shape index (κ1) is 11.4. The fourth-order valence-corrected chi connectivity index (χ4v) is 2.40. The minimum atomic E-state index is 0.881. The summed E-state index contributed by atoms with van der Waals surface area (Å²) in [6, 6.07) is 0.881. The minimum absolute atomic E-state index is 0.881. The standard InChI is InChI=1S/C12H25N3/c1-13-7-9-15-8-5-11(10-15)4-6-14-12-2-3-12/h11-14H,2-10H2,1H3. The minimum Gasteiger partial charge on any atom is -0.318 e. The van der Waals surface area contributed by atoms with E-state index in [4.69, 9.17) is 0 Å². The normalized spacial score (nSPS) is 27.4. The number of hydrogen-bond donors (Lipinski definition) is 2. The van der Waals surface area contributed by atoms with Gasteiger partial charge in [0, 0.05) is 25.7 Å². The molecule has 88 valence electrons. The monoisotopic (exact) mass is 211 g/mol. The molecule has 3 nitrogen and oxygen atoms in total. The van der Waals surface area contributed by atoms with Crippen LogP contribution in [-0.4, -0.2) is 50.7 Å². The highest BCUT2D eigenvalue weighted by Crippen LogP contribution is 2.21. The van der Waals surface area contributed by atoms with Crippen LogP contribution in [0.4, 0.5) is 0 Å². The lowest BCUT2D eigenvalue weighted by molar-refractivity contribution is 0.321. The largest absolute Gasteiger partial charge is 0.318 e. The predicted octanol–water partition coefficient (Wildman–Crippen LogP) is 0.670. The highest BCUT2D eigenvalue weighted by Gasteiger charge is 2.23. The third kappa shape index (κ3) is 4.09. The van der Waals surface area contributed by atoms with Gasteiger partial charge in [0.15, 0.2) is 0 Å². The first-order valence-corrected chi connectivity index (χ1v) is 6.49. The van der Waals surface area contributed by atoms with Gasteiger partial charge < -0.3 is 15.5 Å². The van der Waals surface area contributed by atoms with Crippen molar-refractivity contribution in [2.24, 2.45) is 5.92 Å². The van der Waals surface area contributed by atoms with E-state index in [1.54, 1.807) is 0 Å². The topological polar surface area (TPSA) is 27.3 Å². The lowest BCUT2D eigenvalue weighted by Gasteiger charge is -2.15. The highest BCUT2D eigenvalue weighted by molar-refractivity contribution is 4.82. The third-order valence-corrected chi connectivity index (χ3v) is 3.61. The smallest absolute Gasteiger partial charge is 0.0107 e. The van der Waals surface area contributed by atoms with E-state index < -0.39 is 0 Å². The van der Waals surface area contributed by atoms with Crippen LogP contribution >= 0.6 is 0 Å². The quantitative estimate of drug-likeness (QED) is 0.648. The molecule has 15 heavy (non-hydrogen) atoms. The average Bonchev–Trinajstić information content (AvgIpc) is 2.95. The maximum absolute atomic E-state index is 3.61. The molecule has 2 fully saturated rings. The molecule has 3 heteroatoms. The van der Waals surface area contributed by atoms with Crippen LogP contribution in [0.1, 0.15) is 25.7 Å². The van der Waals surface area contributed by atoms with E-state index in [1.807, 2.05) is 7.05 Å². The number of rotatable bonds is 7. The Labute approximate surface area is 93.6 Å². The van der Waals surface area contributed by atoms with Gasteiger partial charge in [0.05, 0.1) is 0 Å². The zero-order valence-corrected chi connectivity index (χ0v) is 9.97. The van der Waals surface area contributed by atoms with Crippen LogP contribution in [0.25, 0.3) is 0 Å². The summed E-state index contributed by atoms with van der Waals surface area (Å²) in [4.78, 5) is 2.60. The molecule has 1 aliphatic heterocycles. The number of likely N-dealkylation sites (tertiary alicyclic amines) is 1. The van der Waals surface area contributed by atoms with Crippen LogP contribution in [0.15, 0.2) is 0 Å². The van der Waals surface area contributed by atoms with Gasteiger partial charge in [0.2, 0.25) is 0 Å². The lowest BCUT2D eigenvalue weighted by atomic mass is 10.1. The van der Waals surface area contributed by atoms with Gasteiger partial charge in [-0.05, 0) is 51.7 Å². The van der Waals surface area contributed by atoms with Crippen molar-refractivity contribution >= 4 is 0 Å². The van der Waals surface area contributed by atoms with E-state index in [0.717, 1.165) is 18.5 Å². The van der Waals surface area contributed by atoms with Gasteiger partial charge in [0.25, 0.3) is 0 Å². The molecular formula is C12H25N3. The van der Waals surface area contributed by atoms with Gasteiger partial charge >= 0.3 is 0 Å². The second kappa shape index (κ2) is 5.83. The molecule has 2 aliphatic rings. The summed E-state index contributed by atoms with van der Waals surface area (Å²) in [5.74, 6) is 0.952. The second-order valence-electron chi connectivity index (χ2n) is 5.08. The number of likely N-dealkylation sites (N-methyl/N-ethyl adjacent to an activating group) is 1. The molecule has 0 aromatic rings. The van der Waals surface area contributed by atoms with E-state index in [0.29, 0.717) is 0 Å². The second-order valence-corrected chi connectivity index (χ2v) is 5.08. The molecule has 0 bridgehead atoms. The first-order chi connectivity index (χ1) is 7.38. The molecule has 1 saturated carbocycles. The van der Waals surface area contributed by atoms with Crippen LogP contribution in [0.5, 0.6) is 0 Å². The first-order valence-electron chi connectivity index (χ1n) is 6.49. The molecule has 2 rings (SSSR count). The van der Waals surface area contributed by atoms with Crippen LogP contribution in [0.3, 0.4) is 0 Å². The van der Waals surface area contributed by atoms with Gasteiger partial charge in [-0.2, -0.15) is 0 Å². The summed E-state index contributed by atoms with van der Waals surface area (Å²) >= 11 is 0. The zero-order chi connectivity index (χ0) is 10.5. The molecule has 1 aliphatic carbocycles. The van der Waals surface area contributed by atoms with Crippen molar-refractivity contribution in [3.05, 3.63) is 0 Å². The van der Waals surface area contributed by atoms with Gasteiger partial charge in [-0.15, -0.1) is 0 Å². The number of nitrogens with one attached hydrogen (secondary N) is 2. The Hall–Kier alpha value is -0.120. The Balaban J connectivity index is 1.51. The fourth-order valence-electron chi connectivity index (χ4n) is 2.40. The van der Waals surface area contributed by atoms with Crippen molar-refractivity contribution in [3.8, 4) is 0 Å². The maximum Gasteiger partial charge on any atom is 0.0107 e. The van der Waals surface area contributed by atoms with Crippen molar-refractivity contribution in [1.29, 1.82) is 0 Å². The Morgan fingerprint density at radius 2 is 2.07 bits per heavy atom. The molecule has 0 aromatic heterocycles. The molecule has 0 aromatic carbocycles. The fraction of sp³-hybridized carbons (Fsp3) is 1.00. The van der Waals surface area contributed by atoms with Gasteiger partial charge in [-0.25, -0.2) is 0 Å². The predicted molar refractivity (Wildman–Crippen MR) is 64.1 cm³/mol. The summed E-state index contributed by atoms with van der Waals surface area (Å²) in [5.41, 5.74) is 0. The molecule has 1 unspecified atom stereocenters. The maximum atomic E-state index is 3.61. The average molecular weight is 211 g/mol. The van der Waals surface area contributed by atoms with Crippen molar-refractivity contribution < 1.29 is 0 Å². The summed E-state index contributed by atoms with van der Waals surface area (Å²) in [6.07, 6.45) is 5.63. The van der Waals surface area contributed by atoms with Crippen molar-refractivity contribution in [3.63, 3.8) is 0 Å². The van der Waals surface area contributed by atoms with E-state index >= 15 is 0 Å². The Morgan fingerprint density at radius 3 is 2.80 bits per heavy atom. The van der Waals surface area contributed by atoms with Gasteiger partial charge in [-0.3, -0.25) is 0 Å². The molecule has 0 radical (unpaired) electrons. The number of nitrogens with zero attached hydrogens (tertiary/aromatic N) is 1. The van der Waals surface area contributed by atoms with Crippen LogP contribution in [0.2, 0.25) is 0 Å². The third-order valence-electron chi connectivity index (χ3n) is 3.61. The van der Waals surface area contributed by atoms with Crippen molar-refractivity contribution in [2.45, 2.75) is 31.7 Å². The summed E-state index contributed by atoms with van der Waals surface area (Å²) in [5, 5.41) is 6.83. The molecular weight excluding hydrogens is 186 g/mol. The molecule has 1 atom stereocenters. The van der Waals surface area contributed by atoms with E-state index in [9.17, 15) is 0 Å². The Kier molecular flexibility index (Phi) is 4.42. The Bertz CT molecular complexity index is 180. The van der Waals surface area contributed by atoms with Crippen molar-refractivity contribution in [2.75, 3.05) is 39.8 Å². The van der Waals surface area contributed by atoms with Gasteiger partial charge in [-0.1, -0.05) is 0 Å². The summed E-state index contributed by atoms with van der Waals surface area (Å²) in [7, 11) is 2.03. The van der Waals surface area contributed by atoms with E-state index in [1.165, 1.54) is 51.9 Å². The summed E-state index contributed by atoms with van der Waals surface area (Å²) in [6.45, 7) is 6.25. The molecule has 0 amide bonds. The zero-order valence-electron chi connectivity index (χ0n) is 9.97. The molecule has 0 spiro atoms. The number of hydrogen-bond acceptors (Lipinski definition) is 3.